The van der Waals surface area contributed by atoms with Crippen molar-refractivity contribution >= 4 is 17.8 Å². The third-order valence-corrected chi connectivity index (χ3v) is 3.21. The van der Waals surface area contributed by atoms with Gasteiger partial charge in [0.2, 0.25) is 5.91 Å². The molecule has 94 valence electrons. The lowest BCUT2D eigenvalue weighted by atomic mass is 9.94. The van der Waals surface area contributed by atoms with Crippen molar-refractivity contribution in [3.05, 3.63) is 0 Å². The van der Waals surface area contributed by atoms with Crippen LogP contribution in [0.25, 0.3) is 0 Å². The predicted octanol–water partition coefficient (Wildman–Crippen LogP) is -0.157. The number of urea groups is 1. The zero-order valence-corrected chi connectivity index (χ0v) is 10.3. The Morgan fingerprint density at radius 2 is 2.00 bits per heavy atom. The van der Waals surface area contributed by atoms with Crippen LogP contribution in [0.5, 0.6) is 0 Å². The Kier molecular flexibility index (Phi) is 2.41. The van der Waals surface area contributed by atoms with Gasteiger partial charge in [0.05, 0.1) is 6.54 Å². The monoisotopic (exact) mass is 239 g/mol. The summed E-state index contributed by atoms with van der Waals surface area (Å²) in [5, 5.41) is 4.84. The average Bonchev–Trinajstić information content (AvgIpc) is 2.70. The SMILES string of the molecule is CC(C)(C)C(=O)N1CCC2(C1)NC(=O)NC2=O. The van der Waals surface area contributed by atoms with Gasteiger partial charge in [0, 0.05) is 12.0 Å². The van der Waals surface area contributed by atoms with Crippen LogP contribution in [-0.4, -0.2) is 41.4 Å². The molecule has 2 heterocycles. The molecule has 1 spiro atoms. The smallest absolute Gasteiger partial charge is 0.322 e. The fraction of sp³-hybridized carbons (Fsp3) is 0.727. The highest BCUT2D eigenvalue weighted by atomic mass is 16.2. The molecule has 2 N–H and O–H groups in total. The number of amides is 4. The molecule has 0 bridgehead atoms. The van der Waals surface area contributed by atoms with Crippen LogP contribution in [-0.2, 0) is 9.59 Å². The second kappa shape index (κ2) is 3.45. The third-order valence-electron chi connectivity index (χ3n) is 3.21. The van der Waals surface area contributed by atoms with Gasteiger partial charge >= 0.3 is 6.03 Å². The van der Waals surface area contributed by atoms with E-state index in [4.69, 9.17) is 0 Å². The summed E-state index contributed by atoms with van der Waals surface area (Å²) in [5.41, 5.74) is -1.37. The van der Waals surface area contributed by atoms with Crippen molar-refractivity contribution in [3.63, 3.8) is 0 Å². The molecule has 6 nitrogen and oxygen atoms in total. The molecule has 0 radical (unpaired) electrons. The van der Waals surface area contributed by atoms with Crippen LogP contribution in [0.4, 0.5) is 4.79 Å². The van der Waals surface area contributed by atoms with Gasteiger partial charge in [0.1, 0.15) is 5.54 Å². The molecular formula is C11H17N3O3. The molecule has 2 aliphatic heterocycles. The molecule has 2 aliphatic rings. The fourth-order valence-corrected chi connectivity index (χ4v) is 2.27. The number of nitrogens with zero attached hydrogens (tertiary/aromatic N) is 1. The second-order valence-corrected chi connectivity index (χ2v) is 5.72. The standard InChI is InChI=1S/C11H17N3O3/c1-10(2,3)8(16)14-5-4-11(6-14)7(15)12-9(17)13-11/h4-6H2,1-3H3,(H2,12,13,15,17). The van der Waals surface area contributed by atoms with Crippen LogP contribution in [0.1, 0.15) is 27.2 Å². The van der Waals surface area contributed by atoms with E-state index in [1.54, 1.807) is 4.90 Å². The first-order chi connectivity index (χ1) is 7.74. The number of likely N-dealkylation sites (tertiary alicyclic amines) is 1. The quantitative estimate of drug-likeness (QED) is 0.577. The number of hydrogen-bond acceptors (Lipinski definition) is 3. The minimum absolute atomic E-state index is 0.00308. The highest BCUT2D eigenvalue weighted by molar-refractivity contribution is 6.07. The van der Waals surface area contributed by atoms with Gasteiger partial charge in [0.15, 0.2) is 0 Å². The highest BCUT2D eigenvalue weighted by Gasteiger charge is 2.52. The van der Waals surface area contributed by atoms with E-state index in [2.05, 4.69) is 10.6 Å². The van der Waals surface area contributed by atoms with Crippen LogP contribution in [0, 0.1) is 5.41 Å². The van der Waals surface area contributed by atoms with Crippen LogP contribution in [0.15, 0.2) is 0 Å². The Morgan fingerprint density at radius 3 is 2.47 bits per heavy atom. The van der Waals surface area contributed by atoms with Crippen molar-refractivity contribution in [1.29, 1.82) is 0 Å². The summed E-state index contributed by atoms with van der Waals surface area (Å²) < 4.78 is 0. The average molecular weight is 239 g/mol. The second-order valence-electron chi connectivity index (χ2n) is 5.72. The summed E-state index contributed by atoms with van der Waals surface area (Å²) in [7, 11) is 0. The molecule has 0 aromatic carbocycles. The molecular weight excluding hydrogens is 222 g/mol. The maximum Gasteiger partial charge on any atom is 0.322 e. The minimum Gasteiger partial charge on any atom is -0.339 e. The highest BCUT2D eigenvalue weighted by Crippen LogP contribution is 2.28. The fourth-order valence-electron chi connectivity index (χ4n) is 2.27. The van der Waals surface area contributed by atoms with Gasteiger partial charge in [0.25, 0.3) is 5.91 Å². The first kappa shape index (κ1) is 11.9. The molecule has 4 amide bonds. The molecule has 0 saturated carbocycles. The normalized spacial score (nSPS) is 28.5. The predicted molar refractivity (Wildman–Crippen MR) is 60.1 cm³/mol. The van der Waals surface area contributed by atoms with Crippen LogP contribution >= 0.6 is 0 Å². The topological polar surface area (TPSA) is 78.5 Å². The van der Waals surface area contributed by atoms with Crippen molar-refractivity contribution in [2.75, 3.05) is 13.1 Å². The largest absolute Gasteiger partial charge is 0.339 e. The number of carbonyl (C=O) groups is 3. The van der Waals surface area contributed by atoms with E-state index in [0.717, 1.165) is 0 Å². The van der Waals surface area contributed by atoms with E-state index in [9.17, 15) is 14.4 Å². The number of carbonyl (C=O) groups excluding carboxylic acids is 3. The van der Waals surface area contributed by atoms with E-state index in [1.807, 2.05) is 20.8 Å². The van der Waals surface area contributed by atoms with Crippen molar-refractivity contribution in [2.45, 2.75) is 32.7 Å². The molecule has 2 rings (SSSR count). The summed E-state index contributed by atoms with van der Waals surface area (Å²) in [4.78, 5) is 36.6. The van der Waals surface area contributed by atoms with Gasteiger partial charge in [-0.05, 0) is 6.42 Å². The van der Waals surface area contributed by atoms with E-state index >= 15 is 0 Å². The maximum absolute atomic E-state index is 12.1. The number of hydrogen-bond donors (Lipinski definition) is 2. The van der Waals surface area contributed by atoms with Crippen LogP contribution in [0.3, 0.4) is 0 Å². The van der Waals surface area contributed by atoms with Crippen LogP contribution in [0.2, 0.25) is 0 Å². The Morgan fingerprint density at radius 1 is 1.35 bits per heavy atom. The number of imide groups is 1. The number of rotatable bonds is 0. The van der Waals surface area contributed by atoms with Crippen molar-refractivity contribution in [1.82, 2.24) is 15.5 Å². The van der Waals surface area contributed by atoms with Crippen molar-refractivity contribution in [2.24, 2.45) is 5.41 Å². The number of nitrogens with one attached hydrogen (secondary N) is 2. The zero-order valence-electron chi connectivity index (χ0n) is 10.3. The van der Waals surface area contributed by atoms with Gasteiger partial charge in [-0.15, -0.1) is 0 Å². The molecule has 2 fully saturated rings. The molecule has 0 aromatic heterocycles. The van der Waals surface area contributed by atoms with Crippen molar-refractivity contribution in [3.8, 4) is 0 Å². The Bertz CT molecular complexity index is 399. The van der Waals surface area contributed by atoms with Crippen molar-refractivity contribution < 1.29 is 14.4 Å². The first-order valence-electron chi connectivity index (χ1n) is 5.68. The summed E-state index contributed by atoms with van der Waals surface area (Å²) in [5.74, 6) is -0.324. The molecule has 0 aromatic rings. The molecule has 1 unspecified atom stereocenters. The first-order valence-corrected chi connectivity index (χ1v) is 5.68. The summed E-state index contributed by atoms with van der Waals surface area (Å²) in [6.07, 6.45) is 0.479. The van der Waals surface area contributed by atoms with Gasteiger partial charge in [-0.2, -0.15) is 0 Å². The molecule has 0 aliphatic carbocycles. The lowest BCUT2D eigenvalue weighted by Gasteiger charge is -2.27. The Hall–Kier alpha value is -1.59. The molecule has 6 heteroatoms. The van der Waals surface area contributed by atoms with E-state index < -0.39 is 17.0 Å². The van der Waals surface area contributed by atoms with Gasteiger partial charge < -0.3 is 10.2 Å². The van der Waals surface area contributed by atoms with Gasteiger partial charge in [-0.3, -0.25) is 14.9 Å². The zero-order chi connectivity index (χ0) is 12.8. The van der Waals surface area contributed by atoms with Crippen LogP contribution < -0.4 is 10.6 Å². The lowest BCUT2D eigenvalue weighted by Crippen LogP contribution is -2.50. The molecule has 1 atom stereocenters. The van der Waals surface area contributed by atoms with E-state index in [1.165, 1.54) is 0 Å². The van der Waals surface area contributed by atoms with E-state index in [0.29, 0.717) is 13.0 Å². The lowest BCUT2D eigenvalue weighted by molar-refractivity contribution is -0.138. The molecule has 17 heavy (non-hydrogen) atoms. The maximum atomic E-state index is 12.1. The summed E-state index contributed by atoms with van der Waals surface area (Å²) in [6, 6.07) is -0.472. The van der Waals surface area contributed by atoms with Gasteiger partial charge in [-0.25, -0.2) is 4.79 Å². The Balaban J connectivity index is 2.13. The Labute approximate surface area is 99.7 Å². The third kappa shape index (κ3) is 1.87. The minimum atomic E-state index is -0.905. The van der Waals surface area contributed by atoms with Gasteiger partial charge in [-0.1, -0.05) is 20.8 Å². The summed E-state index contributed by atoms with van der Waals surface area (Å²) in [6.45, 7) is 6.29. The van der Waals surface area contributed by atoms with E-state index in [-0.39, 0.29) is 18.4 Å². The molecule has 2 saturated heterocycles. The summed E-state index contributed by atoms with van der Waals surface area (Å²) >= 11 is 0.